The third-order valence-electron chi connectivity index (χ3n) is 8.12. The Balaban J connectivity index is 0.0000221. The van der Waals surface area contributed by atoms with Crippen molar-refractivity contribution < 1.29 is 88.7 Å². The van der Waals surface area contributed by atoms with E-state index in [0.717, 1.165) is 19.8 Å². The fraction of sp³-hybridized carbons (Fsp3) is 0.909. The topological polar surface area (TPSA) is 220 Å². The zero-order valence-electron chi connectivity index (χ0n) is 29.5. The smallest absolute Gasteiger partial charge is 0.862 e. The molecule has 276 valence electrons. The van der Waals surface area contributed by atoms with Crippen LogP contribution >= 0.6 is 0 Å². The van der Waals surface area contributed by atoms with E-state index in [1.54, 1.807) is 0 Å². The first-order chi connectivity index (χ1) is 22.6. The summed E-state index contributed by atoms with van der Waals surface area (Å²) in [6.07, 6.45) is 9.42. The van der Waals surface area contributed by atoms with E-state index in [-0.39, 0.29) is 61.9 Å². The van der Waals surface area contributed by atoms with Crippen molar-refractivity contribution in [3.63, 3.8) is 0 Å². The maximum Gasteiger partial charge on any atom is 1.00 e. The molecule has 0 spiro atoms. The summed E-state index contributed by atoms with van der Waals surface area (Å²) in [4.78, 5) is 27.8. The third-order valence-corrected chi connectivity index (χ3v) is 8.12. The molecule has 48 heavy (non-hydrogen) atoms. The average molecular weight is 701 g/mol. The van der Waals surface area contributed by atoms with Gasteiger partial charge in [0.2, 0.25) is 5.91 Å². The summed E-state index contributed by atoms with van der Waals surface area (Å²) in [5.41, 5.74) is 0. The molecule has 1 saturated heterocycles. The molecular weight excluding hydrogens is 639 g/mol. The first-order valence-electron chi connectivity index (χ1n) is 17.4. The van der Waals surface area contributed by atoms with Gasteiger partial charge in [0, 0.05) is 19.4 Å². The number of aliphatic carboxylic acids is 1. The number of carboxylic acid groups (broad SMARTS) is 1. The number of carbonyl (C=O) groups is 2. The van der Waals surface area contributed by atoms with Crippen LogP contribution in [-0.2, 0) is 28.5 Å². The van der Waals surface area contributed by atoms with E-state index < -0.39 is 61.1 Å². The van der Waals surface area contributed by atoms with Crippen LogP contribution in [0.15, 0.2) is 4.99 Å². The van der Waals surface area contributed by atoms with E-state index in [1.807, 2.05) is 0 Å². The molecule has 1 heterocycles. The summed E-state index contributed by atoms with van der Waals surface area (Å²) in [6.45, 7) is 3.24. The molecule has 1 amide bonds. The standard InChI is InChI=1S/C33H62N2O12.Na/c1-3-4-5-6-7-8-9-10-11-12-13-14-15-16-28(40)34-17-18-44-19-20-45-21-22-46-33(32(42)43)23-26(38)29(35-25(2)37)31(47-33)30(41)27(39)24-36;/h26-27,29-31,36,38-39,41H,3-24H2,1-2H3,(H,34,40)(H,35,37)(H,42,43);/q;+1/p-1/t26-,27+,29+,30+,31+,33-;/m0./s1. The minimum absolute atomic E-state index is 0. The molecule has 6 atom stereocenters. The normalized spacial score (nSPS) is 22.5. The summed E-state index contributed by atoms with van der Waals surface area (Å²) in [5, 5.41) is 64.3. The van der Waals surface area contributed by atoms with E-state index in [1.165, 1.54) is 70.6 Å². The Kier molecular flexibility index (Phi) is 28.2. The van der Waals surface area contributed by atoms with Crippen molar-refractivity contribution in [2.24, 2.45) is 4.99 Å². The fourth-order valence-corrected chi connectivity index (χ4v) is 5.45. The number of aliphatic hydroxyl groups is 4. The molecule has 0 unspecified atom stereocenters. The second-order valence-corrected chi connectivity index (χ2v) is 12.2. The van der Waals surface area contributed by atoms with Crippen molar-refractivity contribution in [2.75, 3.05) is 46.2 Å². The van der Waals surface area contributed by atoms with Crippen molar-refractivity contribution >= 4 is 17.8 Å². The quantitative estimate of drug-likeness (QED) is 0.0226. The van der Waals surface area contributed by atoms with Gasteiger partial charge in [0.15, 0.2) is 0 Å². The first kappa shape index (κ1) is 47.1. The van der Waals surface area contributed by atoms with Crippen LogP contribution in [0.25, 0.3) is 0 Å². The number of hydrogen-bond acceptors (Lipinski definition) is 12. The predicted octanol–water partition coefficient (Wildman–Crippen LogP) is -1.57. The Morgan fingerprint density at radius 1 is 0.917 bits per heavy atom. The van der Waals surface area contributed by atoms with Crippen molar-refractivity contribution in [2.45, 2.75) is 146 Å². The van der Waals surface area contributed by atoms with Crippen LogP contribution in [0, 0.1) is 0 Å². The number of nitrogens with zero attached hydrogens (tertiary/aromatic N) is 1. The zero-order valence-corrected chi connectivity index (χ0v) is 31.5. The molecule has 0 aromatic carbocycles. The maximum absolute atomic E-state index is 12.1. The van der Waals surface area contributed by atoms with E-state index in [0.29, 0.717) is 19.6 Å². The Hall–Kier alpha value is -0.910. The predicted molar refractivity (Wildman–Crippen MR) is 173 cm³/mol. The number of carbonyl (C=O) groups excluding carboxylic acids is 1. The number of unbranched alkanes of at least 4 members (excludes halogenated alkanes) is 12. The van der Waals surface area contributed by atoms with Gasteiger partial charge in [0.25, 0.3) is 5.79 Å². The number of ether oxygens (including phenoxy) is 4. The largest absolute Gasteiger partial charge is 1.00 e. The molecule has 1 aliphatic rings. The molecule has 6 N–H and O–H groups in total. The first-order valence-corrected chi connectivity index (χ1v) is 17.4. The van der Waals surface area contributed by atoms with Gasteiger partial charge in [-0.3, -0.25) is 9.79 Å². The molecule has 14 nitrogen and oxygen atoms in total. The number of amides is 1. The Labute approximate surface area is 308 Å². The van der Waals surface area contributed by atoms with Crippen molar-refractivity contribution in [3.05, 3.63) is 0 Å². The van der Waals surface area contributed by atoms with Gasteiger partial charge in [-0.1, -0.05) is 84.0 Å². The van der Waals surface area contributed by atoms with Crippen LogP contribution < -0.4 is 40.0 Å². The molecule has 0 aliphatic carbocycles. The van der Waals surface area contributed by atoms with E-state index in [9.17, 15) is 40.2 Å². The molecule has 0 bridgehead atoms. The molecule has 0 saturated carbocycles. The van der Waals surface area contributed by atoms with E-state index in [2.05, 4.69) is 17.2 Å². The molecule has 0 aromatic rings. The van der Waals surface area contributed by atoms with Gasteiger partial charge in [-0.05, 0) is 19.2 Å². The number of aliphatic hydroxyl groups excluding tert-OH is 4. The number of hydrogen-bond donors (Lipinski definition) is 6. The van der Waals surface area contributed by atoms with Crippen LogP contribution in [0.2, 0.25) is 0 Å². The van der Waals surface area contributed by atoms with Gasteiger partial charge in [-0.2, -0.15) is 0 Å². The number of nitrogens with one attached hydrogen (secondary N) is 1. The van der Waals surface area contributed by atoms with Crippen LogP contribution in [0.5, 0.6) is 0 Å². The number of carboxylic acids is 1. The SMILES string of the molecule is CCCCCCCCCCCCCCCC(=O)NCCOCCOCCO[C@@]1(C(=O)O)C[C@H](O)[C@@H](N=C(C)[O-])[C@H]([C@H](O)[C@H](O)CO)O1.[Na+]. The van der Waals surface area contributed by atoms with Crippen LogP contribution in [0.4, 0.5) is 0 Å². The van der Waals surface area contributed by atoms with Gasteiger partial charge in [0.1, 0.15) is 24.4 Å². The van der Waals surface area contributed by atoms with Crippen LogP contribution in [0.1, 0.15) is 110 Å². The Bertz CT molecular complexity index is 866. The second kappa shape index (κ2) is 28.8. The van der Waals surface area contributed by atoms with Crippen molar-refractivity contribution in [3.8, 4) is 0 Å². The van der Waals surface area contributed by atoms with Crippen molar-refractivity contribution in [1.29, 1.82) is 0 Å². The van der Waals surface area contributed by atoms with Gasteiger partial charge >= 0.3 is 35.5 Å². The van der Waals surface area contributed by atoms with E-state index in [4.69, 9.17) is 18.9 Å². The third kappa shape index (κ3) is 20.1. The molecule has 0 radical (unpaired) electrons. The van der Waals surface area contributed by atoms with Crippen LogP contribution in [-0.4, -0.2) is 126 Å². The number of rotatable bonds is 29. The molecule has 1 fully saturated rings. The van der Waals surface area contributed by atoms with Gasteiger partial charge in [-0.15, -0.1) is 0 Å². The minimum Gasteiger partial charge on any atom is -0.862 e. The maximum atomic E-state index is 12.1. The molecular formula is C33H61N2NaO12. The Morgan fingerprint density at radius 2 is 1.44 bits per heavy atom. The minimum atomic E-state index is -2.42. The average Bonchev–Trinajstić information content (AvgIpc) is 3.04. The van der Waals surface area contributed by atoms with E-state index >= 15 is 0 Å². The van der Waals surface area contributed by atoms with Crippen molar-refractivity contribution in [1.82, 2.24) is 5.32 Å². The van der Waals surface area contributed by atoms with Gasteiger partial charge < -0.3 is 54.9 Å². The monoisotopic (exact) mass is 700 g/mol. The number of aliphatic imine (C=N–C) groups is 1. The summed E-state index contributed by atoms with van der Waals surface area (Å²) >= 11 is 0. The zero-order chi connectivity index (χ0) is 34.9. The molecule has 1 aliphatic heterocycles. The summed E-state index contributed by atoms with van der Waals surface area (Å²) in [7, 11) is 0. The second-order valence-electron chi connectivity index (χ2n) is 12.2. The molecule has 15 heteroatoms. The fourth-order valence-electron chi connectivity index (χ4n) is 5.45. The van der Waals surface area contributed by atoms with Crippen LogP contribution in [0.3, 0.4) is 0 Å². The summed E-state index contributed by atoms with van der Waals surface area (Å²) < 4.78 is 21.8. The Morgan fingerprint density at radius 3 is 1.96 bits per heavy atom. The van der Waals surface area contributed by atoms with Gasteiger partial charge in [0.05, 0.1) is 45.7 Å². The molecule has 1 rings (SSSR count). The molecule has 0 aromatic heterocycles. The summed E-state index contributed by atoms with van der Waals surface area (Å²) in [6, 6.07) is -1.39. The summed E-state index contributed by atoms with van der Waals surface area (Å²) in [5.74, 6) is -4.73. The van der Waals surface area contributed by atoms with Gasteiger partial charge in [-0.25, -0.2) is 4.79 Å².